The van der Waals surface area contributed by atoms with Crippen molar-refractivity contribution in [2.75, 3.05) is 27.9 Å². The van der Waals surface area contributed by atoms with Crippen molar-refractivity contribution in [2.24, 2.45) is 5.92 Å². The Kier molecular flexibility index (Phi) is 5.16. The summed E-state index contributed by atoms with van der Waals surface area (Å²) in [6.45, 7) is 5.95. The van der Waals surface area contributed by atoms with Gasteiger partial charge in [0.15, 0.2) is 5.82 Å². The van der Waals surface area contributed by atoms with Gasteiger partial charge in [0.05, 0.1) is 11.3 Å². The topological polar surface area (TPSA) is 119 Å². The second-order valence-electron chi connectivity index (χ2n) is 8.32. The number of carbonyl (C=O) groups is 1. The summed E-state index contributed by atoms with van der Waals surface area (Å²) in [7, 11) is 1.91. The van der Waals surface area contributed by atoms with Crippen LogP contribution in [0.2, 0.25) is 0 Å². The van der Waals surface area contributed by atoms with Crippen LogP contribution in [0.25, 0.3) is 0 Å². The number of nitrogens with one attached hydrogen (secondary N) is 3. The van der Waals surface area contributed by atoms with E-state index in [-0.39, 0.29) is 23.9 Å². The van der Waals surface area contributed by atoms with Gasteiger partial charge in [-0.05, 0) is 37.8 Å². The minimum absolute atomic E-state index is 0.0169. The fraction of sp³-hybridized carbons (Fsp3) is 0.476. The standard InChI is InChI=1S/C21H26N8O/c1-11(2)18-20(30)27-17-12(3)24-21(28-19(17)29(18)4)26-15-7-14(8-15)25-16-6-5-13(9-22)10-23-16/h5-6,10-11,14-15,18H,7-8H2,1-4H3,(H,23,25)(H,27,30)(H,24,26,28)/t14?,15?,18-/m0/s1. The van der Waals surface area contributed by atoms with E-state index in [2.05, 4.69) is 32.0 Å². The Morgan fingerprint density at radius 3 is 2.60 bits per heavy atom. The first-order chi connectivity index (χ1) is 14.4. The Morgan fingerprint density at radius 1 is 1.23 bits per heavy atom. The van der Waals surface area contributed by atoms with E-state index >= 15 is 0 Å². The van der Waals surface area contributed by atoms with Crippen molar-refractivity contribution in [1.82, 2.24) is 15.0 Å². The zero-order valence-electron chi connectivity index (χ0n) is 17.6. The Morgan fingerprint density at radius 2 is 1.97 bits per heavy atom. The summed E-state index contributed by atoms with van der Waals surface area (Å²) >= 11 is 0. The van der Waals surface area contributed by atoms with Crippen LogP contribution in [0.4, 0.5) is 23.3 Å². The van der Waals surface area contributed by atoms with Crippen LogP contribution in [-0.4, -0.2) is 46.0 Å². The molecule has 1 aliphatic carbocycles. The summed E-state index contributed by atoms with van der Waals surface area (Å²) in [5.74, 6) is 2.26. The molecule has 3 N–H and O–H groups in total. The smallest absolute Gasteiger partial charge is 0.247 e. The van der Waals surface area contributed by atoms with Crippen molar-refractivity contribution in [1.29, 1.82) is 5.26 Å². The largest absolute Gasteiger partial charge is 0.367 e. The number of nitriles is 1. The van der Waals surface area contributed by atoms with Crippen LogP contribution in [0.15, 0.2) is 18.3 Å². The molecule has 2 aliphatic rings. The molecule has 4 rings (SSSR count). The number of hydrogen-bond donors (Lipinski definition) is 3. The van der Waals surface area contributed by atoms with Gasteiger partial charge < -0.3 is 20.9 Å². The molecule has 1 amide bonds. The zero-order chi connectivity index (χ0) is 21.4. The highest BCUT2D eigenvalue weighted by atomic mass is 16.2. The zero-order valence-corrected chi connectivity index (χ0v) is 17.6. The van der Waals surface area contributed by atoms with Gasteiger partial charge in [-0.2, -0.15) is 10.2 Å². The lowest BCUT2D eigenvalue weighted by Gasteiger charge is -2.38. The third-order valence-corrected chi connectivity index (χ3v) is 5.69. The number of anilines is 4. The maximum Gasteiger partial charge on any atom is 0.247 e. The number of likely N-dealkylation sites (N-methyl/N-ethyl adjacent to an activating group) is 1. The first-order valence-electron chi connectivity index (χ1n) is 10.2. The molecule has 0 aromatic carbocycles. The third kappa shape index (κ3) is 3.73. The highest BCUT2D eigenvalue weighted by molar-refractivity contribution is 6.03. The fourth-order valence-electron chi connectivity index (χ4n) is 4.07. The first kappa shape index (κ1) is 19.9. The van der Waals surface area contributed by atoms with E-state index < -0.39 is 0 Å². The van der Waals surface area contributed by atoms with E-state index in [4.69, 9.17) is 10.2 Å². The maximum absolute atomic E-state index is 12.4. The number of fused-ring (bicyclic) bond motifs is 1. The molecule has 1 fully saturated rings. The third-order valence-electron chi connectivity index (χ3n) is 5.69. The second-order valence-corrected chi connectivity index (χ2v) is 8.32. The minimum Gasteiger partial charge on any atom is -0.367 e. The van der Waals surface area contributed by atoms with Crippen LogP contribution < -0.4 is 20.9 Å². The van der Waals surface area contributed by atoms with Crippen molar-refractivity contribution < 1.29 is 4.79 Å². The molecular formula is C21H26N8O. The summed E-state index contributed by atoms with van der Waals surface area (Å²) in [6.07, 6.45) is 3.41. The lowest BCUT2D eigenvalue weighted by Crippen LogP contribution is -2.50. The van der Waals surface area contributed by atoms with Crippen LogP contribution in [0.1, 0.15) is 37.9 Å². The molecule has 30 heavy (non-hydrogen) atoms. The van der Waals surface area contributed by atoms with Gasteiger partial charge in [0.1, 0.15) is 23.6 Å². The second kappa shape index (κ2) is 7.78. The molecule has 0 saturated heterocycles. The average Bonchev–Trinajstić information content (AvgIpc) is 2.67. The molecule has 2 aromatic heterocycles. The van der Waals surface area contributed by atoms with Crippen molar-refractivity contribution >= 4 is 29.2 Å². The van der Waals surface area contributed by atoms with Crippen LogP contribution in [0.3, 0.4) is 0 Å². The van der Waals surface area contributed by atoms with Crippen molar-refractivity contribution in [2.45, 2.75) is 51.7 Å². The molecule has 1 aliphatic heterocycles. The summed E-state index contributed by atoms with van der Waals surface area (Å²) in [5, 5.41) is 18.6. The lowest BCUT2D eigenvalue weighted by atomic mass is 9.87. The van der Waals surface area contributed by atoms with E-state index in [1.165, 1.54) is 0 Å². The Balaban J connectivity index is 1.40. The minimum atomic E-state index is -0.253. The van der Waals surface area contributed by atoms with Gasteiger partial charge in [0.25, 0.3) is 0 Å². The number of hydrogen-bond acceptors (Lipinski definition) is 8. The highest BCUT2D eigenvalue weighted by Crippen LogP contribution is 2.35. The molecular weight excluding hydrogens is 380 g/mol. The molecule has 3 heterocycles. The predicted molar refractivity (Wildman–Crippen MR) is 115 cm³/mol. The number of amides is 1. The number of carbonyl (C=O) groups excluding carboxylic acids is 1. The lowest BCUT2D eigenvalue weighted by molar-refractivity contribution is -0.118. The van der Waals surface area contributed by atoms with Gasteiger partial charge in [0.2, 0.25) is 11.9 Å². The fourth-order valence-corrected chi connectivity index (χ4v) is 4.07. The quantitative estimate of drug-likeness (QED) is 0.693. The van der Waals surface area contributed by atoms with Gasteiger partial charge in [0, 0.05) is 25.3 Å². The van der Waals surface area contributed by atoms with Crippen molar-refractivity contribution in [3.63, 3.8) is 0 Å². The predicted octanol–water partition coefficient (Wildman–Crippen LogP) is 2.52. The van der Waals surface area contributed by atoms with Crippen LogP contribution in [-0.2, 0) is 4.79 Å². The molecule has 0 bridgehead atoms. The first-order valence-corrected chi connectivity index (χ1v) is 10.2. The van der Waals surface area contributed by atoms with Crippen LogP contribution >= 0.6 is 0 Å². The van der Waals surface area contributed by atoms with Crippen molar-refractivity contribution in [3.8, 4) is 6.07 Å². The van der Waals surface area contributed by atoms with Gasteiger partial charge >= 0.3 is 0 Å². The van der Waals surface area contributed by atoms with E-state index in [1.54, 1.807) is 12.3 Å². The Labute approximate surface area is 175 Å². The van der Waals surface area contributed by atoms with E-state index in [9.17, 15) is 4.79 Å². The van der Waals surface area contributed by atoms with Gasteiger partial charge in [-0.25, -0.2) is 9.97 Å². The maximum atomic E-state index is 12.4. The van der Waals surface area contributed by atoms with Gasteiger partial charge in [-0.1, -0.05) is 13.8 Å². The number of pyridine rings is 1. The molecule has 0 unspecified atom stereocenters. The number of aryl methyl sites for hydroxylation is 1. The van der Waals surface area contributed by atoms with Crippen LogP contribution in [0.5, 0.6) is 0 Å². The average molecular weight is 406 g/mol. The molecule has 0 spiro atoms. The van der Waals surface area contributed by atoms with E-state index in [1.807, 2.05) is 38.8 Å². The van der Waals surface area contributed by atoms with Crippen LogP contribution in [0, 0.1) is 24.2 Å². The molecule has 156 valence electrons. The highest BCUT2D eigenvalue weighted by Gasteiger charge is 2.36. The Bertz CT molecular complexity index is 991. The number of aromatic nitrogens is 3. The van der Waals surface area contributed by atoms with E-state index in [0.717, 1.165) is 30.2 Å². The van der Waals surface area contributed by atoms with E-state index in [0.29, 0.717) is 23.2 Å². The molecule has 1 atom stereocenters. The molecule has 9 heteroatoms. The summed E-state index contributed by atoms with van der Waals surface area (Å²) in [4.78, 5) is 27.9. The summed E-state index contributed by atoms with van der Waals surface area (Å²) in [6, 6.07) is 5.98. The molecule has 2 aromatic rings. The monoisotopic (exact) mass is 406 g/mol. The SMILES string of the molecule is Cc1nc(NC2CC(Nc3ccc(C#N)cn3)C2)nc2c1NC(=O)[C@H](C(C)C)N2C. The molecule has 9 nitrogen and oxygen atoms in total. The van der Waals surface area contributed by atoms with Gasteiger partial charge in [-0.3, -0.25) is 4.79 Å². The Hall–Kier alpha value is -3.41. The van der Waals surface area contributed by atoms with Gasteiger partial charge in [-0.15, -0.1) is 0 Å². The molecule has 0 radical (unpaired) electrons. The normalized spacial score (nSPS) is 22.6. The summed E-state index contributed by atoms with van der Waals surface area (Å²) in [5.41, 5.74) is 1.99. The number of nitrogens with zero attached hydrogens (tertiary/aromatic N) is 5. The number of rotatable bonds is 5. The summed E-state index contributed by atoms with van der Waals surface area (Å²) < 4.78 is 0. The van der Waals surface area contributed by atoms with Crippen molar-refractivity contribution in [3.05, 3.63) is 29.6 Å². The molecule has 1 saturated carbocycles.